The SMILES string of the molecule is CCc1[nH]c(C(C(C)C)C(C)C)nc(=S)c1C. The van der Waals surface area contributed by atoms with Crippen molar-refractivity contribution in [3.8, 4) is 0 Å². The lowest BCUT2D eigenvalue weighted by Crippen LogP contribution is -2.18. The molecule has 0 aliphatic carbocycles. The van der Waals surface area contributed by atoms with Crippen molar-refractivity contribution >= 4 is 12.2 Å². The monoisotopic (exact) mass is 252 g/mol. The van der Waals surface area contributed by atoms with Gasteiger partial charge in [-0.25, -0.2) is 4.98 Å². The van der Waals surface area contributed by atoms with E-state index in [1.807, 2.05) is 6.92 Å². The Labute approximate surface area is 110 Å². The van der Waals surface area contributed by atoms with Crippen molar-refractivity contribution in [1.29, 1.82) is 0 Å². The first kappa shape index (κ1) is 14.4. The van der Waals surface area contributed by atoms with Crippen molar-refractivity contribution in [2.75, 3.05) is 0 Å². The van der Waals surface area contributed by atoms with Crippen LogP contribution in [-0.2, 0) is 6.42 Å². The highest BCUT2D eigenvalue weighted by Crippen LogP contribution is 2.29. The van der Waals surface area contributed by atoms with E-state index in [0.717, 1.165) is 22.4 Å². The summed E-state index contributed by atoms with van der Waals surface area (Å²) >= 11 is 5.36. The Bertz CT molecular complexity index is 424. The smallest absolute Gasteiger partial charge is 0.132 e. The number of H-pyrrole nitrogens is 1. The minimum atomic E-state index is 0.447. The molecule has 0 radical (unpaired) electrons. The molecule has 96 valence electrons. The van der Waals surface area contributed by atoms with E-state index < -0.39 is 0 Å². The predicted molar refractivity (Wildman–Crippen MR) is 76.0 cm³/mol. The molecule has 0 aliphatic heterocycles. The Morgan fingerprint density at radius 2 is 1.71 bits per heavy atom. The van der Waals surface area contributed by atoms with Crippen molar-refractivity contribution in [3.63, 3.8) is 0 Å². The molecule has 1 N–H and O–H groups in total. The molecule has 0 amide bonds. The summed E-state index contributed by atoms with van der Waals surface area (Å²) in [7, 11) is 0. The Morgan fingerprint density at radius 3 is 2.12 bits per heavy atom. The van der Waals surface area contributed by atoms with E-state index in [1.54, 1.807) is 0 Å². The van der Waals surface area contributed by atoms with Gasteiger partial charge in [-0.1, -0.05) is 46.8 Å². The maximum Gasteiger partial charge on any atom is 0.132 e. The molecule has 17 heavy (non-hydrogen) atoms. The topological polar surface area (TPSA) is 28.7 Å². The fourth-order valence-electron chi connectivity index (χ4n) is 2.51. The Morgan fingerprint density at radius 1 is 1.18 bits per heavy atom. The van der Waals surface area contributed by atoms with Crippen molar-refractivity contribution in [2.24, 2.45) is 11.8 Å². The molecule has 0 aliphatic rings. The second-order valence-electron chi connectivity index (χ2n) is 5.40. The molecule has 1 rings (SSSR count). The molecular weight excluding hydrogens is 228 g/mol. The first-order valence-corrected chi connectivity index (χ1v) is 6.88. The largest absolute Gasteiger partial charge is 0.347 e. The average molecular weight is 252 g/mol. The van der Waals surface area contributed by atoms with E-state index in [2.05, 4.69) is 44.6 Å². The van der Waals surface area contributed by atoms with E-state index in [0.29, 0.717) is 17.8 Å². The summed E-state index contributed by atoms with van der Waals surface area (Å²) in [5.74, 6) is 2.64. The number of hydrogen-bond acceptors (Lipinski definition) is 2. The van der Waals surface area contributed by atoms with Crippen LogP contribution in [0.25, 0.3) is 0 Å². The summed E-state index contributed by atoms with van der Waals surface area (Å²) in [6, 6.07) is 0. The molecule has 1 heterocycles. The zero-order valence-corrected chi connectivity index (χ0v) is 12.6. The molecule has 1 aromatic heterocycles. The molecule has 0 saturated carbocycles. The lowest BCUT2D eigenvalue weighted by molar-refractivity contribution is 0.369. The number of rotatable bonds is 4. The molecule has 0 saturated heterocycles. The van der Waals surface area contributed by atoms with Crippen LogP contribution in [0.3, 0.4) is 0 Å². The third-order valence-electron chi connectivity index (χ3n) is 3.38. The minimum absolute atomic E-state index is 0.447. The Balaban J connectivity index is 3.30. The molecule has 0 bridgehead atoms. The van der Waals surface area contributed by atoms with Gasteiger partial charge < -0.3 is 4.98 Å². The predicted octanol–water partition coefficient (Wildman–Crippen LogP) is 4.41. The number of aromatic amines is 1. The second kappa shape index (κ2) is 5.76. The van der Waals surface area contributed by atoms with Gasteiger partial charge in [0, 0.05) is 17.2 Å². The van der Waals surface area contributed by atoms with E-state index in [1.165, 1.54) is 5.69 Å². The lowest BCUT2D eigenvalue weighted by atomic mass is 9.85. The van der Waals surface area contributed by atoms with Crippen molar-refractivity contribution in [1.82, 2.24) is 9.97 Å². The molecule has 0 aromatic carbocycles. The van der Waals surface area contributed by atoms with Gasteiger partial charge in [-0.05, 0) is 25.2 Å². The third-order valence-corrected chi connectivity index (χ3v) is 3.78. The van der Waals surface area contributed by atoms with Gasteiger partial charge in [-0.2, -0.15) is 0 Å². The summed E-state index contributed by atoms with van der Waals surface area (Å²) < 4.78 is 0.752. The summed E-state index contributed by atoms with van der Waals surface area (Å²) in [5.41, 5.74) is 2.35. The maximum atomic E-state index is 5.36. The number of aromatic nitrogens is 2. The fourth-order valence-corrected chi connectivity index (χ4v) is 2.73. The van der Waals surface area contributed by atoms with Crippen LogP contribution in [0.15, 0.2) is 0 Å². The van der Waals surface area contributed by atoms with Crippen LogP contribution in [0.2, 0.25) is 0 Å². The zero-order valence-electron chi connectivity index (χ0n) is 11.8. The number of hydrogen-bond donors (Lipinski definition) is 1. The molecule has 3 heteroatoms. The lowest BCUT2D eigenvalue weighted by Gasteiger charge is -2.24. The molecule has 0 atom stereocenters. The van der Waals surface area contributed by atoms with Gasteiger partial charge in [0.15, 0.2) is 0 Å². The molecule has 0 fully saturated rings. The standard InChI is InChI=1S/C14H24N2S/c1-7-11-10(6)14(17)16-13(15-11)12(8(2)3)9(4)5/h8-9,12H,7H2,1-6H3,(H,15,16,17). The summed E-state index contributed by atoms with van der Waals surface area (Å²) in [5, 5.41) is 0. The number of nitrogens with zero attached hydrogens (tertiary/aromatic N) is 1. The van der Waals surface area contributed by atoms with Crippen molar-refractivity contribution in [3.05, 3.63) is 21.7 Å². The third kappa shape index (κ3) is 3.15. The number of nitrogens with one attached hydrogen (secondary N) is 1. The average Bonchev–Trinajstić information content (AvgIpc) is 2.21. The molecule has 0 unspecified atom stereocenters. The highest BCUT2D eigenvalue weighted by Gasteiger charge is 2.22. The van der Waals surface area contributed by atoms with Gasteiger partial charge in [0.2, 0.25) is 0 Å². The normalized spacial score (nSPS) is 11.8. The van der Waals surface area contributed by atoms with Gasteiger partial charge in [-0.3, -0.25) is 0 Å². The summed E-state index contributed by atoms with van der Waals surface area (Å²) in [6.45, 7) is 13.2. The summed E-state index contributed by atoms with van der Waals surface area (Å²) in [4.78, 5) is 8.07. The van der Waals surface area contributed by atoms with E-state index in [-0.39, 0.29) is 0 Å². The summed E-state index contributed by atoms with van der Waals surface area (Å²) in [6.07, 6.45) is 0.980. The quantitative estimate of drug-likeness (QED) is 0.804. The van der Waals surface area contributed by atoms with Gasteiger partial charge in [0.25, 0.3) is 0 Å². The zero-order chi connectivity index (χ0) is 13.2. The highest BCUT2D eigenvalue weighted by atomic mass is 32.1. The van der Waals surface area contributed by atoms with E-state index in [4.69, 9.17) is 12.2 Å². The van der Waals surface area contributed by atoms with Crippen LogP contribution >= 0.6 is 12.2 Å². The van der Waals surface area contributed by atoms with Crippen LogP contribution < -0.4 is 0 Å². The first-order valence-electron chi connectivity index (χ1n) is 6.48. The first-order chi connectivity index (χ1) is 7.88. The van der Waals surface area contributed by atoms with E-state index in [9.17, 15) is 0 Å². The van der Waals surface area contributed by atoms with Crippen LogP contribution in [-0.4, -0.2) is 9.97 Å². The van der Waals surface area contributed by atoms with Crippen LogP contribution in [0.1, 0.15) is 57.6 Å². The van der Waals surface area contributed by atoms with Crippen LogP contribution in [0.4, 0.5) is 0 Å². The van der Waals surface area contributed by atoms with Crippen LogP contribution in [0.5, 0.6) is 0 Å². The fraction of sp³-hybridized carbons (Fsp3) is 0.714. The molecular formula is C14H24N2S. The van der Waals surface area contributed by atoms with Gasteiger partial charge in [0.05, 0.1) is 0 Å². The second-order valence-corrected chi connectivity index (χ2v) is 5.78. The van der Waals surface area contributed by atoms with Crippen LogP contribution in [0, 0.1) is 23.4 Å². The van der Waals surface area contributed by atoms with Gasteiger partial charge >= 0.3 is 0 Å². The minimum Gasteiger partial charge on any atom is -0.347 e. The number of aryl methyl sites for hydroxylation is 1. The van der Waals surface area contributed by atoms with Gasteiger partial charge in [-0.15, -0.1) is 0 Å². The molecule has 0 spiro atoms. The molecule has 1 aromatic rings. The maximum absolute atomic E-state index is 5.36. The Kier molecular flexibility index (Phi) is 4.87. The Hall–Kier alpha value is -0.700. The van der Waals surface area contributed by atoms with Gasteiger partial charge in [0.1, 0.15) is 10.5 Å². The van der Waals surface area contributed by atoms with Crippen molar-refractivity contribution in [2.45, 2.75) is 53.9 Å². The highest BCUT2D eigenvalue weighted by molar-refractivity contribution is 7.71. The van der Waals surface area contributed by atoms with Crippen molar-refractivity contribution < 1.29 is 0 Å². The van der Waals surface area contributed by atoms with E-state index >= 15 is 0 Å². The molecule has 2 nitrogen and oxygen atoms in total.